The van der Waals surface area contributed by atoms with Crippen LogP contribution in [0.2, 0.25) is 0 Å². The number of benzene rings is 2. The van der Waals surface area contributed by atoms with Gasteiger partial charge in [-0.1, -0.05) is 74.0 Å². The Labute approximate surface area is 110 Å². The molecular weight excluding hydrogens is 218 g/mol. The quantitative estimate of drug-likeness (QED) is 0.791. The first-order chi connectivity index (χ1) is 8.90. The van der Waals surface area contributed by atoms with Crippen molar-refractivity contribution in [3.63, 3.8) is 0 Å². The molecule has 94 valence electrons. The fourth-order valence-electron chi connectivity index (χ4n) is 2.20. The van der Waals surface area contributed by atoms with Crippen LogP contribution in [0.4, 0.5) is 0 Å². The molecule has 0 saturated carbocycles. The van der Waals surface area contributed by atoms with Gasteiger partial charge in [-0.2, -0.15) is 0 Å². The van der Waals surface area contributed by atoms with E-state index in [1.165, 1.54) is 24.0 Å². The molecule has 0 fully saturated rings. The van der Waals surface area contributed by atoms with Crippen molar-refractivity contribution in [3.05, 3.63) is 71.8 Å². The first-order valence-corrected chi connectivity index (χ1v) is 6.72. The number of hydrogen-bond acceptors (Lipinski definition) is 1. The highest BCUT2D eigenvalue weighted by atomic mass is 14.9. The Balaban J connectivity index is 1.99. The highest BCUT2D eigenvalue weighted by Crippen LogP contribution is 2.18. The average Bonchev–Trinajstić information content (AvgIpc) is 2.45. The summed E-state index contributed by atoms with van der Waals surface area (Å²) in [4.78, 5) is 0. The van der Waals surface area contributed by atoms with E-state index in [1.54, 1.807) is 0 Å². The second-order valence-corrected chi connectivity index (χ2v) is 4.62. The largest absolute Gasteiger partial charge is 0.306 e. The summed E-state index contributed by atoms with van der Waals surface area (Å²) in [7, 11) is 0. The Morgan fingerprint density at radius 3 is 2.11 bits per heavy atom. The topological polar surface area (TPSA) is 12.0 Å². The van der Waals surface area contributed by atoms with Crippen LogP contribution in [0.25, 0.3) is 0 Å². The molecule has 1 N–H and O–H groups in total. The highest BCUT2D eigenvalue weighted by molar-refractivity contribution is 5.20. The molecule has 1 atom stereocenters. The lowest BCUT2D eigenvalue weighted by Crippen LogP contribution is -2.20. The van der Waals surface area contributed by atoms with Crippen LogP contribution in [-0.4, -0.2) is 0 Å². The smallest absolute Gasteiger partial charge is 0.0323 e. The van der Waals surface area contributed by atoms with Crippen LogP contribution in [-0.2, 0) is 6.54 Å². The minimum atomic E-state index is 0.455. The molecule has 2 aromatic rings. The fourth-order valence-corrected chi connectivity index (χ4v) is 2.20. The Bertz CT molecular complexity index is 436. The van der Waals surface area contributed by atoms with Gasteiger partial charge in [-0.05, 0) is 17.5 Å². The van der Waals surface area contributed by atoms with Crippen molar-refractivity contribution in [2.45, 2.75) is 32.4 Å². The zero-order chi connectivity index (χ0) is 12.6. The van der Waals surface area contributed by atoms with Crippen molar-refractivity contribution in [2.24, 2.45) is 0 Å². The number of hydrogen-bond donors (Lipinski definition) is 1. The summed E-state index contributed by atoms with van der Waals surface area (Å²) in [6, 6.07) is 21.7. The third kappa shape index (κ3) is 3.71. The van der Waals surface area contributed by atoms with Gasteiger partial charge in [0.15, 0.2) is 0 Å². The Morgan fingerprint density at radius 2 is 1.50 bits per heavy atom. The maximum Gasteiger partial charge on any atom is 0.0323 e. The molecular formula is C17H21N. The van der Waals surface area contributed by atoms with Crippen molar-refractivity contribution in [2.75, 3.05) is 0 Å². The van der Waals surface area contributed by atoms with E-state index >= 15 is 0 Å². The van der Waals surface area contributed by atoms with Gasteiger partial charge in [0.05, 0.1) is 0 Å². The molecule has 18 heavy (non-hydrogen) atoms. The predicted octanol–water partition coefficient (Wildman–Crippen LogP) is 4.32. The van der Waals surface area contributed by atoms with Gasteiger partial charge in [-0.25, -0.2) is 0 Å². The van der Waals surface area contributed by atoms with Gasteiger partial charge < -0.3 is 5.32 Å². The van der Waals surface area contributed by atoms with E-state index in [-0.39, 0.29) is 0 Å². The van der Waals surface area contributed by atoms with E-state index in [1.807, 2.05) is 0 Å². The Morgan fingerprint density at radius 1 is 0.889 bits per heavy atom. The summed E-state index contributed by atoms with van der Waals surface area (Å²) in [5, 5.41) is 3.65. The molecule has 0 amide bonds. The van der Waals surface area contributed by atoms with Gasteiger partial charge in [0.25, 0.3) is 0 Å². The third-order valence-electron chi connectivity index (χ3n) is 3.17. The fraction of sp³-hybridized carbons (Fsp3) is 0.294. The van der Waals surface area contributed by atoms with Crippen molar-refractivity contribution in [3.8, 4) is 0 Å². The summed E-state index contributed by atoms with van der Waals surface area (Å²) in [5.74, 6) is 0. The molecule has 1 nitrogen and oxygen atoms in total. The second-order valence-electron chi connectivity index (χ2n) is 4.62. The molecule has 2 rings (SSSR count). The van der Waals surface area contributed by atoms with Crippen LogP contribution >= 0.6 is 0 Å². The number of rotatable bonds is 6. The molecule has 2 aromatic carbocycles. The summed E-state index contributed by atoms with van der Waals surface area (Å²) in [6.45, 7) is 3.17. The molecule has 0 bridgehead atoms. The molecule has 1 heteroatoms. The summed E-state index contributed by atoms with van der Waals surface area (Å²) >= 11 is 0. The minimum Gasteiger partial charge on any atom is -0.306 e. The molecule has 0 aliphatic rings. The summed E-state index contributed by atoms with van der Waals surface area (Å²) in [6.07, 6.45) is 2.37. The van der Waals surface area contributed by atoms with E-state index in [4.69, 9.17) is 0 Å². The van der Waals surface area contributed by atoms with Crippen LogP contribution in [0.5, 0.6) is 0 Å². The molecule has 0 heterocycles. The average molecular weight is 239 g/mol. The highest BCUT2D eigenvalue weighted by Gasteiger charge is 2.08. The maximum atomic E-state index is 3.65. The first kappa shape index (κ1) is 12.8. The van der Waals surface area contributed by atoms with Crippen molar-refractivity contribution in [1.29, 1.82) is 0 Å². The van der Waals surface area contributed by atoms with Crippen molar-refractivity contribution < 1.29 is 0 Å². The van der Waals surface area contributed by atoms with E-state index in [9.17, 15) is 0 Å². The molecule has 0 aliphatic carbocycles. The van der Waals surface area contributed by atoms with Gasteiger partial charge in [-0.3, -0.25) is 0 Å². The van der Waals surface area contributed by atoms with Crippen molar-refractivity contribution in [1.82, 2.24) is 5.32 Å². The van der Waals surface area contributed by atoms with Crippen LogP contribution in [0.1, 0.15) is 36.9 Å². The molecule has 0 aromatic heterocycles. The molecule has 0 radical (unpaired) electrons. The lowest BCUT2D eigenvalue weighted by atomic mass is 10.0. The van der Waals surface area contributed by atoms with Crippen LogP contribution in [0.15, 0.2) is 60.7 Å². The summed E-state index contributed by atoms with van der Waals surface area (Å²) in [5.41, 5.74) is 2.73. The van der Waals surface area contributed by atoms with Crippen LogP contribution in [0, 0.1) is 0 Å². The third-order valence-corrected chi connectivity index (χ3v) is 3.17. The van der Waals surface area contributed by atoms with E-state index in [0.29, 0.717) is 6.04 Å². The normalized spacial score (nSPS) is 12.3. The monoisotopic (exact) mass is 239 g/mol. The van der Waals surface area contributed by atoms with Gasteiger partial charge in [0, 0.05) is 12.6 Å². The molecule has 0 saturated heterocycles. The standard InChI is InChI=1S/C17H21N/c1-2-9-17(16-12-7-4-8-13-16)18-14-15-10-5-3-6-11-15/h3-8,10-13,17-18H,2,9,14H2,1H3. The van der Waals surface area contributed by atoms with Gasteiger partial charge in [0.2, 0.25) is 0 Å². The van der Waals surface area contributed by atoms with E-state index in [2.05, 4.69) is 72.9 Å². The van der Waals surface area contributed by atoms with E-state index in [0.717, 1.165) is 6.54 Å². The Kier molecular flexibility index (Phi) is 4.98. The van der Waals surface area contributed by atoms with Crippen LogP contribution < -0.4 is 5.32 Å². The van der Waals surface area contributed by atoms with Gasteiger partial charge in [0.1, 0.15) is 0 Å². The zero-order valence-electron chi connectivity index (χ0n) is 11.0. The zero-order valence-corrected chi connectivity index (χ0v) is 11.0. The maximum absolute atomic E-state index is 3.65. The van der Waals surface area contributed by atoms with Crippen molar-refractivity contribution >= 4 is 0 Å². The van der Waals surface area contributed by atoms with Gasteiger partial charge in [-0.15, -0.1) is 0 Å². The van der Waals surface area contributed by atoms with Gasteiger partial charge >= 0.3 is 0 Å². The molecule has 1 unspecified atom stereocenters. The molecule has 0 spiro atoms. The van der Waals surface area contributed by atoms with E-state index < -0.39 is 0 Å². The predicted molar refractivity (Wildman–Crippen MR) is 77.4 cm³/mol. The number of nitrogens with one attached hydrogen (secondary N) is 1. The lowest BCUT2D eigenvalue weighted by Gasteiger charge is -2.18. The van der Waals surface area contributed by atoms with Crippen LogP contribution in [0.3, 0.4) is 0 Å². The Hall–Kier alpha value is -1.60. The second kappa shape index (κ2) is 6.97. The minimum absolute atomic E-state index is 0.455. The molecule has 0 aliphatic heterocycles. The summed E-state index contributed by atoms with van der Waals surface area (Å²) < 4.78 is 0. The SMILES string of the molecule is CCCC(NCc1ccccc1)c1ccccc1. The first-order valence-electron chi connectivity index (χ1n) is 6.72. The lowest BCUT2D eigenvalue weighted by molar-refractivity contribution is 0.493.